The summed E-state index contributed by atoms with van der Waals surface area (Å²) in [6, 6.07) is 17.1. The molecule has 0 spiro atoms. The molecule has 0 bridgehead atoms. The molecule has 18 heavy (non-hydrogen) atoms. The van der Waals surface area contributed by atoms with Crippen molar-refractivity contribution in [3.8, 4) is 6.07 Å². The van der Waals surface area contributed by atoms with E-state index in [0.717, 1.165) is 19.5 Å². The van der Waals surface area contributed by atoms with Crippen LogP contribution in [0.3, 0.4) is 0 Å². The fourth-order valence-electron chi connectivity index (χ4n) is 2.17. The van der Waals surface area contributed by atoms with Crippen LogP contribution in [0.15, 0.2) is 42.5 Å². The maximum Gasteiger partial charge on any atom is 0.0635 e. The summed E-state index contributed by atoms with van der Waals surface area (Å²) >= 11 is 0. The van der Waals surface area contributed by atoms with E-state index in [4.69, 9.17) is 5.26 Å². The molecule has 0 atom stereocenters. The second kappa shape index (κ2) is 6.18. The van der Waals surface area contributed by atoms with Crippen LogP contribution in [-0.4, -0.2) is 25.0 Å². The molecule has 0 N–H and O–H groups in total. The van der Waals surface area contributed by atoms with Crippen molar-refractivity contribution in [1.82, 2.24) is 4.90 Å². The Kier molecular flexibility index (Phi) is 4.33. The third kappa shape index (κ3) is 3.09. The number of hydrogen-bond donors (Lipinski definition) is 0. The summed E-state index contributed by atoms with van der Waals surface area (Å²) in [6.45, 7) is 1.84. The van der Waals surface area contributed by atoms with Gasteiger partial charge >= 0.3 is 0 Å². The molecule has 0 aromatic heterocycles. The summed E-state index contributed by atoms with van der Waals surface area (Å²) in [4.78, 5) is 2.21. The molecule has 0 aliphatic carbocycles. The normalized spacial score (nSPS) is 10.7. The lowest BCUT2D eigenvalue weighted by Crippen LogP contribution is -2.22. The van der Waals surface area contributed by atoms with E-state index in [0.29, 0.717) is 6.42 Å². The van der Waals surface area contributed by atoms with Crippen molar-refractivity contribution in [3.63, 3.8) is 0 Å². The number of rotatable bonds is 5. The van der Waals surface area contributed by atoms with Gasteiger partial charge in [-0.3, -0.25) is 0 Å². The molecular weight excluding hydrogens is 220 g/mol. The minimum Gasteiger partial charge on any atom is -0.305 e. The van der Waals surface area contributed by atoms with Crippen LogP contribution in [0, 0.1) is 11.3 Å². The Morgan fingerprint density at radius 3 is 2.67 bits per heavy atom. The van der Waals surface area contributed by atoms with Gasteiger partial charge in [-0.1, -0.05) is 42.5 Å². The number of hydrogen-bond acceptors (Lipinski definition) is 2. The van der Waals surface area contributed by atoms with Crippen molar-refractivity contribution < 1.29 is 0 Å². The van der Waals surface area contributed by atoms with E-state index >= 15 is 0 Å². The van der Waals surface area contributed by atoms with Crippen molar-refractivity contribution in [2.75, 3.05) is 20.1 Å². The molecule has 2 rings (SSSR count). The predicted octanol–water partition coefficient (Wildman–Crippen LogP) is 3.23. The molecule has 92 valence electrons. The van der Waals surface area contributed by atoms with Gasteiger partial charge in [0.2, 0.25) is 0 Å². The molecule has 0 heterocycles. The van der Waals surface area contributed by atoms with Gasteiger partial charge in [-0.15, -0.1) is 0 Å². The second-order valence-electron chi connectivity index (χ2n) is 4.60. The molecule has 0 amide bonds. The van der Waals surface area contributed by atoms with Crippen LogP contribution in [0.2, 0.25) is 0 Å². The van der Waals surface area contributed by atoms with Crippen LogP contribution in [0.25, 0.3) is 10.8 Å². The number of benzene rings is 2. The van der Waals surface area contributed by atoms with Crippen LogP contribution in [0.4, 0.5) is 0 Å². The average Bonchev–Trinajstić information content (AvgIpc) is 2.42. The van der Waals surface area contributed by atoms with Crippen molar-refractivity contribution in [3.05, 3.63) is 48.0 Å². The molecule has 0 aliphatic rings. The summed E-state index contributed by atoms with van der Waals surface area (Å²) < 4.78 is 0. The number of nitriles is 1. The van der Waals surface area contributed by atoms with Gasteiger partial charge in [0.25, 0.3) is 0 Å². The van der Waals surface area contributed by atoms with Crippen molar-refractivity contribution >= 4 is 10.8 Å². The van der Waals surface area contributed by atoms with E-state index in [1.807, 2.05) is 0 Å². The SMILES string of the molecule is CN(CCC#N)CCc1cccc2ccccc12. The monoisotopic (exact) mass is 238 g/mol. The van der Waals surface area contributed by atoms with Gasteiger partial charge < -0.3 is 4.90 Å². The highest BCUT2D eigenvalue weighted by Gasteiger charge is 2.02. The Hall–Kier alpha value is -1.85. The molecule has 2 aromatic rings. The maximum absolute atomic E-state index is 8.57. The second-order valence-corrected chi connectivity index (χ2v) is 4.60. The summed E-state index contributed by atoms with van der Waals surface area (Å²) in [5.74, 6) is 0. The van der Waals surface area contributed by atoms with Gasteiger partial charge in [-0.05, 0) is 29.8 Å². The van der Waals surface area contributed by atoms with Crippen molar-refractivity contribution in [2.24, 2.45) is 0 Å². The third-order valence-corrected chi connectivity index (χ3v) is 3.25. The molecule has 2 nitrogen and oxygen atoms in total. The van der Waals surface area contributed by atoms with E-state index < -0.39 is 0 Å². The molecule has 0 unspecified atom stereocenters. The Balaban J connectivity index is 2.06. The van der Waals surface area contributed by atoms with Crippen molar-refractivity contribution in [1.29, 1.82) is 5.26 Å². The van der Waals surface area contributed by atoms with Gasteiger partial charge in [0.15, 0.2) is 0 Å². The Morgan fingerprint density at radius 2 is 1.83 bits per heavy atom. The lowest BCUT2D eigenvalue weighted by Gasteiger charge is -2.15. The number of nitrogens with zero attached hydrogens (tertiary/aromatic N) is 2. The smallest absolute Gasteiger partial charge is 0.0635 e. The third-order valence-electron chi connectivity index (χ3n) is 3.25. The molecule has 0 saturated carbocycles. The van der Waals surface area contributed by atoms with Crippen molar-refractivity contribution in [2.45, 2.75) is 12.8 Å². The lowest BCUT2D eigenvalue weighted by atomic mass is 10.0. The molecule has 0 radical (unpaired) electrons. The summed E-state index contributed by atoms with van der Waals surface area (Å²) in [7, 11) is 2.07. The van der Waals surface area contributed by atoms with E-state index in [1.54, 1.807) is 0 Å². The topological polar surface area (TPSA) is 27.0 Å². The van der Waals surface area contributed by atoms with Gasteiger partial charge in [0.05, 0.1) is 6.07 Å². The first kappa shape index (κ1) is 12.6. The fourth-order valence-corrected chi connectivity index (χ4v) is 2.17. The minimum absolute atomic E-state index is 0.603. The van der Waals surface area contributed by atoms with E-state index in [2.05, 4.69) is 60.5 Å². The molecule has 2 aromatic carbocycles. The molecular formula is C16H18N2. The summed E-state index contributed by atoms with van der Waals surface area (Å²) in [5, 5.41) is 11.2. The fraction of sp³-hybridized carbons (Fsp3) is 0.312. The van der Waals surface area contributed by atoms with Gasteiger partial charge in [-0.2, -0.15) is 5.26 Å². The largest absolute Gasteiger partial charge is 0.305 e. The van der Waals surface area contributed by atoms with Gasteiger partial charge in [-0.25, -0.2) is 0 Å². The first-order valence-corrected chi connectivity index (χ1v) is 6.33. The lowest BCUT2D eigenvalue weighted by molar-refractivity contribution is 0.347. The molecule has 0 saturated heterocycles. The number of fused-ring (bicyclic) bond motifs is 1. The van der Waals surface area contributed by atoms with Gasteiger partial charge in [0, 0.05) is 19.5 Å². The van der Waals surface area contributed by atoms with Gasteiger partial charge in [0.1, 0.15) is 0 Å². The standard InChI is InChI=1S/C16H18N2/c1-18(12-5-11-17)13-10-15-8-4-7-14-6-2-3-9-16(14)15/h2-4,6-9H,5,10,12-13H2,1H3. The first-order valence-electron chi connectivity index (χ1n) is 6.33. The molecule has 0 aliphatic heterocycles. The summed E-state index contributed by atoms with van der Waals surface area (Å²) in [6.07, 6.45) is 1.63. The minimum atomic E-state index is 0.603. The zero-order valence-electron chi connectivity index (χ0n) is 10.8. The summed E-state index contributed by atoms with van der Waals surface area (Å²) in [5.41, 5.74) is 1.39. The van der Waals surface area contributed by atoms with Crippen LogP contribution < -0.4 is 0 Å². The first-order chi connectivity index (χ1) is 8.81. The zero-order chi connectivity index (χ0) is 12.8. The number of likely N-dealkylation sites (N-methyl/N-ethyl adjacent to an activating group) is 1. The maximum atomic E-state index is 8.57. The van der Waals surface area contributed by atoms with E-state index in [-0.39, 0.29) is 0 Å². The predicted molar refractivity (Wildman–Crippen MR) is 75.4 cm³/mol. The van der Waals surface area contributed by atoms with Crippen LogP contribution in [-0.2, 0) is 6.42 Å². The molecule has 2 heteroatoms. The Labute approximate surface area is 108 Å². The Morgan fingerprint density at radius 1 is 1.06 bits per heavy atom. The zero-order valence-corrected chi connectivity index (χ0v) is 10.8. The highest BCUT2D eigenvalue weighted by Crippen LogP contribution is 2.18. The average molecular weight is 238 g/mol. The quantitative estimate of drug-likeness (QED) is 0.799. The van der Waals surface area contributed by atoms with E-state index in [1.165, 1.54) is 16.3 Å². The van der Waals surface area contributed by atoms with Crippen LogP contribution in [0.5, 0.6) is 0 Å². The Bertz CT molecular complexity index is 549. The van der Waals surface area contributed by atoms with Crippen LogP contribution >= 0.6 is 0 Å². The van der Waals surface area contributed by atoms with Crippen LogP contribution in [0.1, 0.15) is 12.0 Å². The highest BCUT2D eigenvalue weighted by molar-refractivity contribution is 5.85. The van der Waals surface area contributed by atoms with E-state index in [9.17, 15) is 0 Å². The molecule has 0 fully saturated rings. The highest BCUT2D eigenvalue weighted by atomic mass is 15.1.